The van der Waals surface area contributed by atoms with E-state index in [1.807, 2.05) is 0 Å². The minimum atomic E-state index is -3.06. The lowest BCUT2D eigenvalue weighted by Gasteiger charge is -2.38. The zero-order valence-electron chi connectivity index (χ0n) is 11.9. The molecule has 0 radical (unpaired) electrons. The molecule has 0 aliphatic carbocycles. The van der Waals surface area contributed by atoms with E-state index in [2.05, 4.69) is 13.8 Å². The predicted octanol–water partition coefficient (Wildman–Crippen LogP) is 1.85. The highest BCUT2D eigenvalue weighted by Gasteiger charge is 2.33. The van der Waals surface area contributed by atoms with Crippen molar-refractivity contribution in [3.8, 4) is 0 Å². The average Bonchev–Trinajstić information content (AvgIpc) is 2.35. The summed E-state index contributed by atoms with van der Waals surface area (Å²) in [6, 6.07) is 0. The molecule has 0 amide bonds. The minimum Gasteiger partial charge on any atom is -0.396 e. The van der Waals surface area contributed by atoms with Crippen molar-refractivity contribution in [2.45, 2.75) is 46.0 Å². The SMILES string of the molecule is CCC(CC)(CO)CC1CCCN(S(C)(=O)=O)C1. The number of aliphatic hydroxyl groups is 1. The van der Waals surface area contributed by atoms with Crippen LogP contribution in [0.4, 0.5) is 0 Å². The van der Waals surface area contributed by atoms with Gasteiger partial charge in [0, 0.05) is 19.7 Å². The third-order valence-corrected chi connectivity index (χ3v) is 5.78. The lowest BCUT2D eigenvalue weighted by Crippen LogP contribution is -2.41. The molecule has 0 aromatic heterocycles. The standard InChI is InChI=1S/C13H27NO3S/c1-4-13(5-2,11-15)9-12-7-6-8-14(10-12)18(3,16)17/h12,15H,4-11H2,1-3H3. The van der Waals surface area contributed by atoms with Gasteiger partial charge in [-0.15, -0.1) is 0 Å². The van der Waals surface area contributed by atoms with Crippen molar-refractivity contribution in [2.24, 2.45) is 11.3 Å². The zero-order chi connectivity index (χ0) is 13.8. The second-order valence-electron chi connectivity index (χ2n) is 5.70. The molecule has 108 valence electrons. The molecule has 1 N–H and O–H groups in total. The molecule has 1 rings (SSSR count). The fraction of sp³-hybridized carbons (Fsp3) is 1.00. The van der Waals surface area contributed by atoms with Gasteiger partial charge in [0.1, 0.15) is 0 Å². The summed E-state index contributed by atoms with van der Waals surface area (Å²) >= 11 is 0. The van der Waals surface area contributed by atoms with Crippen LogP contribution < -0.4 is 0 Å². The predicted molar refractivity (Wildman–Crippen MR) is 73.9 cm³/mol. The van der Waals surface area contributed by atoms with E-state index in [1.54, 1.807) is 4.31 Å². The molecular formula is C13H27NO3S. The summed E-state index contributed by atoms with van der Waals surface area (Å²) in [7, 11) is -3.06. The Balaban J connectivity index is 2.67. The highest BCUT2D eigenvalue weighted by Crippen LogP contribution is 2.36. The molecule has 0 aromatic carbocycles. The van der Waals surface area contributed by atoms with Crippen LogP contribution in [-0.4, -0.2) is 43.8 Å². The molecule has 4 nitrogen and oxygen atoms in total. The number of nitrogens with zero attached hydrogens (tertiary/aromatic N) is 1. The first-order valence-corrected chi connectivity index (χ1v) is 8.77. The van der Waals surface area contributed by atoms with Crippen molar-refractivity contribution in [2.75, 3.05) is 26.0 Å². The summed E-state index contributed by atoms with van der Waals surface area (Å²) in [4.78, 5) is 0. The first kappa shape index (κ1) is 15.9. The Bertz CT molecular complexity index is 341. The Kier molecular flexibility index (Phi) is 5.62. The van der Waals surface area contributed by atoms with E-state index in [9.17, 15) is 13.5 Å². The minimum absolute atomic E-state index is 0.0226. The van der Waals surface area contributed by atoms with Gasteiger partial charge in [-0.2, -0.15) is 0 Å². The monoisotopic (exact) mass is 277 g/mol. The number of rotatable bonds is 6. The summed E-state index contributed by atoms with van der Waals surface area (Å²) in [5.41, 5.74) is -0.0226. The lowest BCUT2D eigenvalue weighted by atomic mass is 9.74. The molecule has 0 bridgehead atoms. The van der Waals surface area contributed by atoms with Crippen LogP contribution in [0.3, 0.4) is 0 Å². The highest BCUT2D eigenvalue weighted by molar-refractivity contribution is 7.88. The summed E-state index contributed by atoms with van der Waals surface area (Å²) in [5, 5.41) is 9.60. The van der Waals surface area contributed by atoms with Gasteiger partial charge in [0.05, 0.1) is 6.26 Å². The van der Waals surface area contributed by atoms with Crippen molar-refractivity contribution in [1.82, 2.24) is 4.31 Å². The average molecular weight is 277 g/mol. The molecule has 1 saturated heterocycles. The lowest BCUT2D eigenvalue weighted by molar-refractivity contribution is 0.0732. The van der Waals surface area contributed by atoms with Crippen LogP contribution in [0.2, 0.25) is 0 Å². The van der Waals surface area contributed by atoms with Crippen LogP contribution in [0.1, 0.15) is 46.0 Å². The molecule has 18 heavy (non-hydrogen) atoms. The fourth-order valence-corrected chi connectivity index (χ4v) is 3.88. The van der Waals surface area contributed by atoms with Gasteiger partial charge < -0.3 is 5.11 Å². The van der Waals surface area contributed by atoms with Gasteiger partial charge in [0.2, 0.25) is 10.0 Å². The molecule has 1 aliphatic rings. The third-order valence-electron chi connectivity index (χ3n) is 4.51. The van der Waals surface area contributed by atoms with Gasteiger partial charge >= 0.3 is 0 Å². The number of hydrogen-bond acceptors (Lipinski definition) is 3. The van der Waals surface area contributed by atoms with E-state index in [1.165, 1.54) is 6.26 Å². The third kappa shape index (κ3) is 3.93. The van der Waals surface area contributed by atoms with Crippen molar-refractivity contribution in [1.29, 1.82) is 0 Å². The Morgan fingerprint density at radius 3 is 2.39 bits per heavy atom. The topological polar surface area (TPSA) is 57.6 Å². The molecular weight excluding hydrogens is 250 g/mol. The van der Waals surface area contributed by atoms with Crippen LogP contribution in [0.15, 0.2) is 0 Å². The number of sulfonamides is 1. The van der Waals surface area contributed by atoms with Crippen LogP contribution in [0, 0.1) is 11.3 Å². The maximum Gasteiger partial charge on any atom is 0.211 e. The van der Waals surface area contributed by atoms with E-state index in [4.69, 9.17) is 0 Å². The maximum absolute atomic E-state index is 11.6. The Labute approximate surface area is 111 Å². The molecule has 1 atom stereocenters. The Morgan fingerprint density at radius 1 is 1.33 bits per heavy atom. The van der Waals surface area contributed by atoms with Gasteiger partial charge in [-0.3, -0.25) is 0 Å². The molecule has 1 heterocycles. The number of aliphatic hydroxyl groups excluding tert-OH is 1. The highest BCUT2D eigenvalue weighted by atomic mass is 32.2. The van der Waals surface area contributed by atoms with E-state index in [0.29, 0.717) is 19.0 Å². The zero-order valence-corrected chi connectivity index (χ0v) is 12.7. The molecule has 1 unspecified atom stereocenters. The van der Waals surface area contributed by atoms with Crippen LogP contribution >= 0.6 is 0 Å². The molecule has 1 aliphatic heterocycles. The summed E-state index contributed by atoms with van der Waals surface area (Å²) in [6.07, 6.45) is 6.14. The van der Waals surface area contributed by atoms with Crippen molar-refractivity contribution >= 4 is 10.0 Å². The van der Waals surface area contributed by atoms with Crippen molar-refractivity contribution in [3.63, 3.8) is 0 Å². The number of hydrogen-bond donors (Lipinski definition) is 1. The summed E-state index contributed by atoms with van der Waals surface area (Å²) in [6.45, 7) is 5.70. The van der Waals surface area contributed by atoms with Crippen molar-refractivity contribution < 1.29 is 13.5 Å². The fourth-order valence-electron chi connectivity index (χ4n) is 2.93. The second kappa shape index (κ2) is 6.35. The van der Waals surface area contributed by atoms with Gasteiger partial charge in [0.15, 0.2) is 0 Å². The van der Waals surface area contributed by atoms with E-state index >= 15 is 0 Å². The van der Waals surface area contributed by atoms with Crippen LogP contribution in [-0.2, 0) is 10.0 Å². The molecule has 0 spiro atoms. The normalized spacial score (nSPS) is 23.2. The Morgan fingerprint density at radius 2 is 1.94 bits per heavy atom. The smallest absolute Gasteiger partial charge is 0.211 e. The largest absolute Gasteiger partial charge is 0.396 e. The quantitative estimate of drug-likeness (QED) is 0.806. The molecule has 5 heteroatoms. The van der Waals surface area contributed by atoms with Gasteiger partial charge in [-0.1, -0.05) is 13.8 Å². The second-order valence-corrected chi connectivity index (χ2v) is 7.68. The van der Waals surface area contributed by atoms with Gasteiger partial charge in [-0.25, -0.2) is 12.7 Å². The first-order chi connectivity index (χ1) is 8.37. The van der Waals surface area contributed by atoms with Crippen LogP contribution in [0.5, 0.6) is 0 Å². The van der Waals surface area contributed by atoms with E-state index < -0.39 is 10.0 Å². The molecule has 1 fully saturated rings. The van der Waals surface area contributed by atoms with Gasteiger partial charge in [0.25, 0.3) is 0 Å². The van der Waals surface area contributed by atoms with Gasteiger partial charge in [-0.05, 0) is 43.4 Å². The molecule has 0 saturated carbocycles. The number of piperidine rings is 1. The first-order valence-electron chi connectivity index (χ1n) is 6.93. The maximum atomic E-state index is 11.6. The van der Waals surface area contributed by atoms with E-state index in [-0.39, 0.29) is 12.0 Å². The Hall–Kier alpha value is -0.130. The summed E-state index contributed by atoms with van der Waals surface area (Å²) < 4.78 is 24.8. The molecule has 0 aromatic rings. The summed E-state index contributed by atoms with van der Waals surface area (Å²) in [5.74, 6) is 0.389. The van der Waals surface area contributed by atoms with Crippen LogP contribution in [0.25, 0.3) is 0 Å². The van der Waals surface area contributed by atoms with E-state index in [0.717, 1.165) is 32.1 Å². The van der Waals surface area contributed by atoms with Crippen molar-refractivity contribution in [3.05, 3.63) is 0 Å².